The zero-order valence-corrected chi connectivity index (χ0v) is 16.3. The summed E-state index contributed by atoms with van der Waals surface area (Å²) in [5, 5.41) is 2.71. The summed E-state index contributed by atoms with van der Waals surface area (Å²) < 4.78 is 6.23. The fraction of sp³-hybridized carbons (Fsp3) is 0.174. The number of aryl methyl sites for hydroxylation is 1. The van der Waals surface area contributed by atoms with Crippen molar-refractivity contribution in [2.75, 3.05) is 12.4 Å². The summed E-state index contributed by atoms with van der Waals surface area (Å²) in [5.41, 5.74) is 2.91. The van der Waals surface area contributed by atoms with Crippen molar-refractivity contribution in [3.63, 3.8) is 0 Å². The second-order valence-electron chi connectivity index (χ2n) is 6.55. The van der Waals surface area contributed by atoms with Crippen molar-refractivity contribution in [2.45, 2.75) is 19.9 Å². The molecule has 29 heavy (non-hydrogen) atoms. The monoisotopic (exact) mass is 390 g/mol. The van der Waals surface area contributed by atoms with E-state index in [1.54, 1.807) is 24.3 Å². The highest BCUT2D eigenvalue weighted by Gasteiger charge is 2.15. The molecule has 1 N–H and O–H groups in total. The summed E-state index contributed by atoms with van der Waals surface area (Å²) in [6.07, 6.45) is 2.47. The van der Waals surface area contributed by atoms with E-state index in [1.807, 2.05) is 24.3 Å². The van der Waals surface area contributed by atoms with Gasteiger partial charge in [-0.2, -0.15) is 0 Å². The van der Waals surface area contributed by atoms with E-state index >= 15 is 0 Å². The van der Waals surface area contributed by atoms with Crippen LogP contribution in [0.3, 0.4) is 0 Å². The second kappa shape index (κ2) is 9.01. The molecule has 0 bridgehead atoms. The van der Waals surface area contributed by atoms with E-state index in [0.717, 1.165) is 12.0 Å². The molecule has 3 aromatic rings. The molecule has 1 amide bonds. The average molecular weight is 390 g/mol. The minimum Gasteiger partial charge on any atom is -0.465 e. The summed E-state index contributed by atoms with van der Waals surface area (Å²) in [6.45, 7) is 2.45. The number of nitrogens with zero attached hydrogens (tertiary/aromatic N) is 1. The molecule has 6 nitrogen and oxygen atoms in total. The number of rotatable bonds is 6. The van der Waals surface area contributed by atoms with Gasteiger partial charge in [0, 0.05) is 12.3 Å². The van der Waals surface area contributed by atoms with E-state index in [0.29, 0.717) is 17.8 Å². The molecule has 0 atom stereocenters. The van der Waals surface area contributed by atoms with Crippen LogP contribution in [0.1, 0.15) is 38.8 Å². The van der Waals surface area contributed by atoms with Crippen molar-refractivity contribution >= 4 is 17.6 Å². The summed E-state index contributed by atoms with van der Waals surface area (Å²) in [4.78, 5) is 36.8. The van der Waals surface area contributed by atoms with Crippen LogP contribution in [0, 0.1) is 0 Å². The zero-order valence-electron chi connectivity index (χ0n) is 16.3. The minimum absolute atomic E-state index is 0.198. The smallest absolute Gasteiger partial charge is 0.339 e. The third kappa shape index (κ3) is 4.79. The van der Waals surface area contributed by atoms with Gasteiger partial charge in [0.05, 0.1) is 30.5 Å². The molecule has 6 heteroatoms. The number of carbonyl (C=O) groups excluding carboxylic acids is 2. The number of hydrogen-bond acceptors (Lipinski definition) is 4. The fourth-order valence-corrected chi connectivity index (χ4v) is 2.94. The van der Waals surface area contributed by atoms with E-state index < -0.39 is 11.9 Å². The summed E-state index contributed by atoms with van der Waals surface area (Å²) >= 11 is 0. The number of methoxy groups -OCH3 is 1. The number of para-hydroxylation sites is 1. The molecule has 0 radical (unpaired) electrons. The molecule has 0 aliphatic rings. The number of aromatic nitrogens is 1. The van der Waals surface area contributed by atoms with Gasteiger partial charge in [-0.1, -0.05) is 43.3 Å². The molecule has 1 aromatic heterocycles. The van der Waals surface area contributed by atoms with Crippen molar-refractivity contribution in [3.05, 3.63) is 99.5 Å². The number of benzene rings is 2. The number of esters is 1. The first kappa shape index (κ1) is 20.1. The minimum atomic E-state index is -0.540. The topological polar surface area (TPSA) is 77.4 Å². The standard InChI is InChI=1S/C23H22N2O4/c1-3-16-8-10-17(11-9-16)14-25-15-18(12-13-21(25)26)22(27)24-20-7-5-4-6-19(20)23(28)29-2/h4-13,15H,3,14H2,1-2H3,(H,24,27). The maximum Gasteiger partial charge on any atom is 0.339 e. The van der Waals surface area contributed by atoms with Gasteiger partial charge in [0.1, 0.15) is 0 Å². The van der Waals surface area contributed by atoms with Gasteiger partial charge >= 0.3 is 5.97 Å². The Hall–Kier alpha value is -3.67. The van der Waals surface area contributed by atoms with E-state index in [9.17, 15) is 14.4 Å². The molecule has 0 aliphatic heterocycles. The van der Waals surface area contributed by atoms with Gasteiger partial charge in [0.15, 0.2) is 0 Å². The van der Waals surface area contributed by atoms with Crippen molar-refractivity contribution in [3.8, 4) is 0 Å². The van der Waals surface area contributed by atoms with Gasteiger partial charge in [-0.25, -0.2) is 4.79 Å². The molecule has 0 aliphatic carbocycles. The maximum absolute atomic E-state index is 12.7. The lowest BCUT2D eigenvalue weighted by molar-refractivity contribution is 0.0602. The number of nitrogens with one attached hydrogen (secondary N) is 1. The Labute approximate surface area is 168 Å². The maximum atomic E-state index is 12.7. The summed E-state index contributed by atoms with van der Waals surface area (Å²) in [7, 11) is 1.28. The zero-order chi connectivity index (χ0) is 20.8. The highest BCUT2D eigenvalue weighted by molar-refractivity contribution is 6.07. The highest BCUT2D eigenvalue weighted by atomic mass is 16.5. The van der Waals surface area contributed by atoms with Crippen LogP contribution in [0.15, 0.2) is 71.7 Å². The molecule has 0 unspecified atom stereocenters. The first-order valence-electron chi connectivity index (χ1n) is 9.29. The molecule has 2 aromatic carbocycles. The van der Waals surface area contributed by atoms with Gasteiger partial charge in [0.25, 0.3) is 11.5 Å². The van der Waals surface area contributed by atoms with Crippen LogP contribution in [0.4, 0.5) is 5.69 Å². The van der Waals surface area contributed by atoms with Crippen molar-refractivity contribution in [1.82, 2.24) is 4.57 Å². The first-order valence-corrected chi connectivity index (χ1v) is 9.29. The SMILES string of the molecule is CCc1ccc(Cn2cc(C(=O)Nc3ccccc3C(=O)OC)ccc2=O)cc1. The van der Waals surface area contributed by atoms with Crippen molar-refractivity contribution in [1.29, 1.82) is 0 Å². The second-order valence-corrected chi connectivity index (χ2v) is 6.55. The average Bonchev–Trinajstić information content (AvgIpc) is 2.75. The lowest BCUT2D eigenvalue weighted by Crippen LogP contribution is -2.23. The van der Waals surface area contributed by atoms with Gasteiger partial charge in [-0.15, -0.1) is 0 Å². The molecule has 0 saturated heterocycles. The fourth-order valence-electron chi connectivity index (χ4n) is 2.94. The molecule has 0 saturated carbocycles. The summed E-state index contributed by atoms with van der Waals surface area (Å²) in [6, 6.07) is 17.4. The molecule has 148 valence electrons. The number of ether oxygens (including phenoxy) is 1. The number of hydrogen-bond donors (Lipinski definition) is 1. The van der Waals surface area contributed by atoms with Gasteiger partial charge in [-0.3, -0.25) is 9.59 Å². The first-order chi connectivity index (χ1) is 14.0. The summed E-state index contributed by atoms with van der Waals surface area (Å²) in [5.74, 6) is -0.960. The number of pyridine rings is 1. The number of anilines is 1. The Morgan fingerprint density at radius 3 is 2.34 bits per heavy atom. The third-order valence-electron chi connectivity index (χ3n) is 4.61. The quantitative estimate of drug-likeness (QED) is 0.654. The third-order valence-corrected chi connectivity index (χ3v) is 4.61. The normalized spacial score (nSPS) is 10.4. The lowest BCUT2D eigenvalue weighted by atomic mass is 10.1. The van der Waals surface area contributed by atoms with E-state index in [-0.39, 0.29) is 11.1 Å². The molecule has 0 spiro atoms. The number of amides is 1. The van der Waals surface area contributed by atoms with Crippen molar-refractivity contribution in [2.24, 2.45) is 0 Å². The van der Waals surface area contributed by atoms with Gasteiger partial charge < -0.3 is 14.6 Å². The van der Waals surface area contributed by atoms with Crippen LogP contribution < -0.4 is 10.9 Å². The van der Waals surface area contributed by atoms with Crippen molar-refractivity contribution < 1.29 is 14.3 Å². The molecule has 3 rings (SSSR count). The van der Waals surface area contributed by atoms with Crippen LogP contribution in [-0.4, -0.2) is 23.6 Å². The molecular formula is C23H22N2O4. The van der Waals surface area contributed by atoms with E-state index in [1.165, 1.54) is 35.6 Å². The molecule has 1 heterocycles. The Morgan fingerprint density at radius 1 is 0.966 bits per heavy atom. The Balaban J connectivity index is 1.83. The molecule has 0 fully saturated rings. The highest BCUT2D eigenvalue weighted by Crippen LogP contribution is 2.17. The van der Waals surface area contributed by atoms with Gasteiger partial charge in [-0.05, 0) is 35.7 Å². The predicted octanol–water partition coefficient (Wildman–Crippen LogP) is 3.50. The van der Waals surface area contributed by atoms with Crippen LogP contribution in [0.5, 0.6) is 0 Å². The largest absolute Gasteiger partial charge is 0.465 e. The van der Waals surface area contributed by atoms with E-state index in [2.05, 4.69) is 12.2 Å². The van der Waals surface area contributed by atoms with Crippen LogP contribution in [0.25, 0.3) is 0 Å². The molecular weight excluding hydrogens is 368 g/mol. The van der Waals surface area contributed by atoms with Gasteiger partial charge in [0.2, 0.25) is 0 Å². The predicted molar refractivity (Wildman–Crippen MR) is 111 cm³/mol. The van der Waals surface area contributed by atoms with Crippen LogP contribution >= 0.6 is 0 Å². The van der Waals surface area contributed by atoms with E-state index in [4.69, 9.17) is 4.74 Å². The van der Waals surface area contributed by atoms with Crippen LogP contribution in [0.2, 0.25) is 0 Å². The number of carbonyl (C=O) groups is 2. The lowest BCUT2D eigenvalue weighted by Gasteiger charge is -2.11. The Morgan fingerprint density at radius 2 is 1.66 bits per heavy atom. The Kier molecular flexibility index (Phi) is 6.24. The Bertz CT molecular complexity index is 1080. The van der Waals surface area contributed by atoms with Crippen LogP contribution in [-0.2, 0) is 17.7 Å².